The number of aromatic nitrogens is 2. The van der Waals surface area contributed by atoms with E-state index in [-0.39, 0.29) is 17.5 Å². The first-order valence-electron chi connectivity index (χ1n) is 5.92. The third kappa shape index (κ3) is 4.41. The van der Waals surface area contributed by atoms with Crippen molar-refractivity contribution < 1.29 is 23.2 Å². The van der Waals surface area contributed by atoms with Gasteiger partial charge in [0.15, 0.2) is 6.10 Å². The minimum absolute atomic E-state index is 0.00468. The quantitative estimate of drug-likeness (QED) is 0.538. The second kappa shape index (κ2) is 6.52. The summed E-state index contributed by atoms with van der Waals surface area (Å²) in [5.41, 5.74) is -0.541. The van der Waals surface area contributed by atoms with Crippen LogP contribution in [0.3, 0.4) is 0 Å². The lowest BCUT2D eigenvalue weighted by molar-refractivity contribution is -0.385. The van der Waals surface area contributed by atoms with Crippen molar-refractivity contribution in [2.45, 2.75) is 26.1 Å². The lowest BCUT2D eigenvalue weighted by Gasteiger charge is -2.16. The van der Waals surface area contributed by atoms with E-state index in [1.165, 1.54) is 6.92 Å². The molecule has 1 aromatic rings. The summed E-state index contributed by atoms with van der Waals surface area (Å²) >= 11 is 0. The maximum atomic E-state index is 12.2. The van der Waals surface area contributed by atoms with Gasteiger partial charge in [0.05, 0.1) is 11.5 Å². The van der Waals surface area contributed by atoms with E-state index in [9.17, 15) is 23.3 Å². The highest BCUT2D eigenvalue weighted by Crippen LogP contribution is 2.27. The van der Waals surface area contributed by atoms with Crippen LogP contribution in [0.15, 0.2) is 0 Å². The zero-order chi connectivity index (χ0) is 16.2. The van der Waals surface area contributed by atoms with Crippen molar-refractivity contribution in [1.29, 1.82) is 0 Å². The fourth-order valence-electron chi connectivity index (χ4n) is 1.46. The zero-order valence-electron chi connectivity index (χ0n) is 11.2. The smallest absolute Gasteiger partial charge is 0.382 e. The molecule has 0 saturated heterocycles. The molecule has 0 aliphatic carbocycles. The molecule has 1 atom stereocenters. The van der Waals surface area contributed by atoms with Crippen LogP contribution < -0.4 is 10.6 Å². The van der Waals surface area contributed by atoms with Gasteiger partial charge in [-0.25, -0.2) is 4.98 Å². The fraction of sp³-hybridized carbons (Fsp3) is 0.600. The standard InChI is InChI=1S/C10H14F3N5O3/c1-3-14-9-16-5(2)7(18(20)21)8(17-9)15-4-6(19)10(11,12)13/h6,19H,3-4H2,1-2H3,(H2,14,15,16,17). The molecule has 1 unspecified atom stereocenters. The maximum Gasteiger partial charge on any atom is 0.416 e. The minimum atomic E-state index is -4.83. The van der Waals surface area contributed by atoms with E-state index < -0.39 is 29.4 Å². The summed E-state index contributed by atoms with van der Waals surface area (Å²) < 4.78 is 36.7. The van der Waals surface area contributed by atoms with Crippen LogP contribution in [0, 0.1) is 17.0 Å². The predicted octanol–water partition coefficient (Wildman–Crippen LogP) is 1.46. The van der Waals surface area contributed by atoms with Crippen LogP contribution in [0.1, 0.15) is 12.6 Å². The molecule has 0 aliphatic rings. The maximum absolute atomic E-state index is 12.2. The zero-order valence-corrected chi connectivity index (χ0v) is 11.2. The Bertz CT molecular complexity index is 523. The number of nitrogens with zero attached hydrogens (tertiary/aromatic N) is 3. The number of aliphatic hydroxyl groups is 1. The molecule has 3 N–H and O–H groups in total. The number of rotatable bonds is 6. The normalized spacial score (nSPS) is 12.9. The Morgan fingerprint density at radius 3 is 2.48 bits per heavy atom. The molecule has 0 fully saturated rings. The predicted molar refractivity (Wildman–Crippen MR) is 68.1 cm³/mol. The number of nitrogens with one attached hydrogen (secondary N) is 2. The molecule has 0 saturated carbocycles. The van der Waals surface area contributed by atoms with Crippen LogP contribution in [0.4, 0.5) is 30.6 Å². The molecule has 0 spiro atoms. The summed E-state index contributed by atoms with van der Waals surface area (Å²) in [6.45, 7) is 2.56. The SMILES string of the molecule is CCNc1nc(C)c([N+](=O)[O-])c(NCC(O)C(F)(F)F)n1. The molecule has 8 nitrogen and oxygen atoms in total. The summed E-state index contributed by atoms with van der Waals surface area (Å²) in [7, 11) is 0. The van der Waals surface area contributed by atoms with E-state index in [1.807, 2.05) is 0 Å². The third-order valence-corrected chi connectivity index (χ3v) is 2.42. The lowest BCUT2D eigenvalue weighted by atomic mass is 10.3. The van der Waals surface area contributed by atoms with Gasteiger partial charge in [-0.15, -0.1) is 0 Å². The molecule has 11 heteroatoms. The molecule has 1 rings (SSSR count). The first-order chi connectivity index (χ1) is 9.66. The molecule has 1 aromatic heterocycles. The number of halogens is 3. The summed E-state index contributed by atoms with van der Waals surface area (Å²) in [5, 5.41) is 24.7. The van der Waals surface area contributed by atoms with Gasteiger partial charge in [0.25, 0.3) is 0 Å². The Morgan fingerprint density at radius 2 is 2.00 bits per heavy atom. The second-order valence-electron chi connectivity index (χ2n) is 4.06. The van der Waals surface area contributed by atoms with E-state index in [0.717, 1.165) is 0 Å². The van der Waals surface area contributed by atoms with Gasteiger partial charge < -0.3 is 15.7 Å². The van der Waals surface area contributed by atoms with Crippen molar-refractivity contribution in [3.8, 4) is 0 Å². The molecular formula is C10H14F3N5O3. The highest BCUT2D eigenvalue weighted by molar-refractivity contribution is 5.60. The summed E-state index contributed by atoms with van der Waals surface area (Å²) in [6, 6.07) is 0. The molecule has 1 heterocycles. The van der Waals surface area contributed by atoms with E-state index in [0.29, 0.717) is 6.54 Å². The van der Waals surface area contributed by atoms with Gasteiger partial charge in [0, 0.05) is 6.54 Å². The Labute approximate surface area is 117 Å². The second-order valence-corrected chi connectivity index (χ2v) is 4.06. The van der Waals surface area contributed by atoms with Crippen LogP contribution in [-0.2, 0) is 0 Å². The number of alkyl halides is 3. The van der Waals surface area contributed by atoms with Crippen LogP contribution in [0.5, 0.6) is 0 Å². The minimum Gasteiger partial charge on any atom is -0.382 e. The topological polar surface area (TPSA) is 113 Å². The molecule has 0 aliphatic heterocycles. The number of hydrogen-bond donors (Lipinski definition) is 3. The summed E-state index contributed by atoms with van der Waals surface area (Å²) in [4.78, 5) is 17.7. The molecule has 118 valence electrons. The fourth-order valence-corrected chi connectivity index (χ4v) is 1.46. The van der Waals surface area contributed by atoms with Crippen molar-refractivity contribution in [2.24, 2.45) is 0 Å². The van der Waals surface area contributed by atoms with Crippen LogP contribution >= 0.6 is 0 Å². The van der Waals surface area contributed by atoms with Crippen LogP contribution in [-0.4, -0.2) is 45.4 Å². The van der Waals surface area contributed by atoms with Crippen LogP contribution in [0.2, 0.25) is 0 Å². The largest absolute Gasteiger partial charge is 0.416 e. The molecule has 0 radical (unpaired) electrons. The van der Waals surface area contributed by atoms with Gasteiger partial charge in [0.2, 0.25) is 11.8 Å². The Hall–Kier alpha value is -2.17. The first-order valence-corrected chi connectivity index (χ1v) is 5.92. The van der Waals surface area contributed by atoms with Crippen LogP contribution in [0.25, 0.3) is 0 Å². The molecule has 0 amide bonds. The van der Waals surface area contributed by atoms with Crippen molar-refractivity contribution >= 4 is 17.5 Å². The lowest BCUT2D eigenvalue weighted by Crippen LogP contribution is -2.35. The Kier molecular flexibility index (Phi) is 5.24. The number of aryl methyl sites for hydroxylation is 1. The molecule has 0 aromatic carbocycles. The Morgan fingerprint density at radius 1 is 1.38 bits per heavy atom. The highest BCUT2D eigenvalue weighted by atomic mass is 19.4. The molecule has 0 bridgehead atoms. The molecule has 21 heavy (non-hydrogen) atoms. The van der Waals surface area contributed by atoms with E-state index in [2.05, 4.69) is 20.6 Å². The van der Waals surface area contributed by atoms with Crippen molar-refractivity contribution in [3.05, 3.63) is 15.8 Å². The van der Waals surface area contributed by atoms with Gasteiger partial charge >= 0.3 is 11.9 Å². The van der Waals surface area contributed by atoms with E-state index in [1.54, 1.807) is 6.92 Å². The van der Waals surface area contributed by atoms with Gasteiger partial charge in [0.1, 0.15) is 5.69 Å². The highest BCUT2D eigenvalue weighted by Gasteiger charge is 2.38. The number of anilines is 2. The molecular weight excluding hydrogens is 295 g/mol. The van der Waals surface area contributed by atoms with Crippen molar-refractivity contribution in [3.63, 3.8) is 0 Å². The van der Waals surface area contributed by atoms with Gasteiger partial charge in [-0.3, -0.25) is 10.1 Å². The number of aliphatic hydroxyl groups excluding tert-OH is 1. The van der Waals surface area contributed by atoms with E-state index >= 15 is 0 Å². The third-order valence-electron chi connectivity index (χ3n) is 2.42. The summed E-state index contributed by atoms with van der Waals surface area (Å²) in [6.07, 6.45) is -7.48. The Balaban J connectivity index is 3.05. The number of nitro groups is 1. The van der Waals surface area contributed by atoms with Gasteiger partial charge in [-0.2, -0.15) is 18.2 Å². The van der Waals surface area contributed by atoms with Gasteiger partial charge in [-0.1, -0.05) is 0 Å². The van der Waals surface area contributed by atoms with Crippen molar-refractivity contribution in [2.75, 3.05) is 23.7 Å². The van der Waals surface area contributed by atoms with Crippen molar-refractivity contribution in [1.82, 2.24) is 9.97 Å². The average Bonchev–Trinajstić information content (AvgIpc) is 2.33. The first kappa shape index (κ1) is 16.9. The number of hydrogen-bond acceptors (Lipinski definition) is 7. The van der Waals surface area contributed by atoms with E-state index in [4.69, 9.17) is 5.11 Å². The average molecular weight is 309 g/mol. The van der Waals surface area contributed by atoms with Gasteiger partial charge in [-0.05, 0) is 13.8 Å². The monoisotopic (exact) mass is 309 g/mol. The summed E-state index contributed by atoms with van der Waals surface area (Å²) in [5.74, 6) is -0.337.